The molecule has 0 bridgehead atoms. The largest absolute Gasteiger partial charge is 2.00 e. The van der Waals surface area contributed by atoms with Gasteiger partial charge in [-0.05, 0) is 51.4 Å². The van der Waals surface area contributed by atoms with Crippen molar-refractivity contribution in [2.45, 2.75) is 439 Å². The van der Waals surface area contributed by atoms with Crippen molar-refractivity contribution in [2.24, 2.45) is 0 Å². The Bertz CT molecular complexity index is 1010. The van der Waals surface area contributed by atoms with E-state index in [4.69, 9.17) is 0 Å². The standard InChI is InChI=1S/4C18H36O2.Ca.Mg.Zn/c4*1-2-3-4-5-6-7-8-9-10-11-12-13-14-15-16-17-18(19)20;;;/h4*2-17H2,1H3,(H,19,20);;;/q;;;;3*+2/p-4. The van der Waals surface area contributed by atoms with E-state index in [-0.39, 0.29) is 106 Å². The first kappa shape index (κ1) is 97.1. The zero-order valence-electron chi connectivity index (χ0n) is 56.6. The maximum absolute atomic E-state index is 10.2. The van der Waals surface area contributed by atoms with Crippen LogP contribution in [0.3, 0.4) is 0 Å². The number of carboxylic acids is 4. The summed E-state index contributed by atoms with van der Waals surface area (Å²) in [6.07, 6.45) is 79.4. The van der Waals surface area contributed by atoms with Crippen LogP contribution in [0.25, 0.3) is 0 Å². The van der Waals surface area contributed by atoms with Gasteiger partial charge in [0.15, 0.2) is 0 Å². The van der Waals surface area contributed by atoms with Crippen molar-refractivity contribution >= 4 is 84.7 Å². The number of carboxylic acid groups (broad SMARTS) is 4. The average Bonchev–Trinajstić information content (AvgIpc) is 3.43. The molecular weight excluding hydrogens is 1120 g/mol. The third kappa shape index (κ3) is 114. The Morgan fingerprint density at radius 3 is 0.325 bits per heavy atom. The van der Waals surface area contributed by atoms with Crippen LogP contribution in [0.4, 0.5) is 0 Å². The summed E-state index contributed by atoms with van der Waals surface area (Å²) in [5.41, 5.74) is 0. The molecule has 0 aromatic carbocycles. The van der Waals surface area contributed by atoms with Crippen molar-refractivity contribution in [1.29, 1.82) is 0 Å². The number of carbonyl (C=O) groups is 4. The van der Waals surface area contributed by atoms with E-state index in [9.17, 15) is 39.6 Å². The first-order valence-electron chi connectivity index (χ1n) is 35.9. The predicted molar refractivity (Wildman–Crippen MR) is 350 cm³/mol. The van der Waals surface area contributed by atoms with Gasteiger partial charge in [-0.3, -0.25) is 0 Å². The minimum atomic E-state index is -0.903. The molecule has 0 N–H and O–H groups in total. The van der Waals surface area contributed by atoms with Gasteiger partial charge in [0, 0.05) is 23.9 Å². The minimum Gasteiger partial charge on any atom is -0.550 e. The van der Waals surface area contributed by atoms with Gasteiger partial charge in [-0.15, -0.1) is 0 Å². The first-order chi connectivity index (χ1) is 39.1. The Morgan fingerprint density at radius 1 is 0.181 bits per heavy atom. The second-order valence-corrected chi connectivity index (χ2v) is 24.3. The van der Waals surface area contributed by atoms with Crippen LogP contribution in [0.2, 0.25) is 0 Å². The molecule has 0 aliphatic carbocycles. The van der Waals surface area contributed by atoms with E-state index >= 15 is 0 Å². The van der Waals surface area contributed by atoms with Gasteiger partial charge in [0.05, 0.1) is 0 Å². The van der Waals surface area contributed by atoms with E-state index in [1.807, 2.05) is 0 Å². The van der Waals surface area contributed by atoms with Crippen molar-refractivity contribution < 1.29 is 59.1 Å². The van der Waals surface area contributed by atoms with Crippen LogP contribution in [0.1, 0.15) is 439 Å². The van der Waals surface area contributed by atoms with Crippen molar-refractivity contribution in [3.63, 3.8) is 0 Å². The third-order valence-electron chi connectivity index (χ3n) is 15.9. The van der Waals surface area contributed by atoms with E-state index in [0.717, 1.165) is 51.4 Å². The summed E-state index contributed by atoms with van der Waals surface area (Å²) in [5, 5.41) is 40.9. The SMILES string of the molecule is CCCCCCCCCCCCCCCCCC(=O)[O-].CCCCCCCCCCCCCCCCCC(=O)[O-].CCCCCCCCCCCCCCCCCC(=O)[O-].CCCCCCCCCCCCCCCCCC(=O)[O-].[Ca+2].[Mg+2].[Zn+2]. The fourth-order valence-corrected chi connectivity index (χ4v) is 10.6. The molecule has 0 unspecified atom stereocenters. The second-order valence-electron chi connectivity index (χ2n) is 24.3. The molecule has 0 atom stereocenters. The molecule has 0 rings (SSSR count). The summed E-state index contributed by atoms with van der Waals surface area (Å²) in [6.45, 7) is 9.07. The molecule has 0 saturated carbocycles. The molecule has 0 spiro atoms. The molecule has 0 aliphatic heterocycles. The normalized spacial score (nSPS) is 10.5. The average molecular weight is 1260 g/mol. The monoisotopic (exact) mass is 1260 g/mol. The minimum absolute atomic E-state index is 0. The maximum atomic E-state index is 10.2. The van der Waals surface area contributed by atoms with E-state index in [0.29, 0.717) is 0 Å². The van der Waals surface area contributed by atoms with Crippen LogP contribution in [0.15, 0.2) is 0 Å². The Kier molecular flexibility index (Phi) is 110. The quantitative estimate of drug-likeness (QED) is 0.0430. The topological polar surface area (TPSA) is 161 Å². The molecular formula is C72H140CaMgO8Zn+2. The summed E-state index contributed by atoms with van der Waals surface area (Å²) >= 11 is 0. The Morgan fingerprint density at radius 2 is 0.253 bits per heavy atom. The molecule has 0 radical (unpaired) electrons. The van der Waals surface area contributed by atoms with Crippen LogP contribution < -0.4 is 20.4 Å². The van der Waals surface area contributed by atoms with Crippen LogP contribution in [-0.4, -0.2) is 84.7 Å². The number of aliphatic carboxylic acids is 4. The van der Waals surface area contributed by atoms with E-state index < -0.39 is 23.9 Å². The summed E-state index contributed by atoms with van der Waals surface area (Å²) in [5.74, 6) is -3.61. The van der Waals surface area contributed by atoms with Crippen molar-refractivity contribution in [3.05, 3.63) is 0 Å². The predicted octanol–water partition coefficient (Wildman–Crippen LogP) is 19.2. The number of carbonyl (C=O) groups excluding carboxylic acids is 4. The zero-order chi connectivity index (χ0) is 59.6. The fraction of sp³-hybridized carbons (Fsp3) is 0.944. The number of unbranched alkanes of at least 4 members (excludes halogenated alkanes) is 56. The third-order valence-corrected chi connectivity index (χ3v) is 15.9. The molecule has 0 aromatic rings. The van der Waals surface area contributed by atoms with Crippen LogP contribution in [0.5, 0.6) is 0 Å². The molecule has 8 nitrogen and oxygen atoms in total. The summed E-state index contributed by atoms with van der Waals surface area (Å²) in [6, 6.07) is 0. The second kappa shape index (κ2) is 93.7. The summed E-state index contributed by atoms with van der Waals surface area (Å²) in [7, 11) is 0. The van der Waals surface area contributed by atoms with Gasteiger partial charge in [0.1, 0.15) is 0 Å². The van der Waals surface area contributed by atoms with Crippen molar-refractivity contribution in [2.75, 3.05) is 0 Å². The van der Waals surface area contributed by atoms with Crippen LogP contribution >= 0.6 is 0 Å². The number of rotatable bonds is 64. The number of hydrogen-bond donors (Lipinski definition) is 0. The van der Waals surface area contributed by atoms with E-state index in [1.54, 1.807) is 0 Å². The molecule has 83 heavy (non-hydrogen) atoms. The smallest absolute Gasteiger partial charge is 0.550 e. The molecule has 480 valence electrons. The van der Waals surface area contributed by atoms with Gasteiger partial charge in [0.25, 0.3) is 0 Å². The summed E-state index contributed by atoms with van der Waals surface area (Å²) in [4.78, 5) is 40.9. The molecule has 0 fully saturated rings. The molecule has 0 aromatic heterocycles. The molecule has 11 heteroatoms. The zero-order valence-corrected chi connectivity index (χ0v) is 63.2. The Labute approximate surface area is 577 Å². The van der Waals surface area contributed by atoms with Gasteiger partial charge in [0.2, 0.25) is 0 Å². The van der Waals surface area contributed by atoms with Gasteiger partial charge in [-0.25, -0.2) is 0 Å². The maximum Gasteiger partial charge on any atom is 2.00 e. The van der Waals surface area contributed by atoms with E-state index in [2.05, 4.69) is 27.7 Å². The van der Waals surface area contributed by atoms with E-state index in [1.165, 1.54) is 334 Å². The molecule has 0 saturated heterocycles. The van der Waals surface area contributed by atoms with Crippen LogP contribution in [0, 0.1) is 0 Å². The molecule has 0 amide bonds. The van der Waals surface area contributed by atoms with Crippen LogP contribution in [-0.2, 0) is 38.7 Å². The Balaban J connectivity index is -0.000000183. The summed E-state index contributed by atoms with van der Waals surface area (Å²) < 4.78 is 0. The van der Waals surface area contributed by atoms with Gasteiger partial charge in [-0.1, -0.05) is 387 Å². The first-order valence-corrected chi connectivity index (χ1v) is 35.9. The fourth-order valence-electron chi connectivity index (χ4n) is 10.6. The van der Waals surface area contributed by atoms with Gasteiger partial charge in [-0.2, -0.15) is 0 Å². The Hall–Kier alpha value is 0.529. The van der Waals surface area contributed by atoms with Crippen molar-refractivity contribution in [3.8, 4) is 0 Å². The number of hydrogen-bond acceptors (Lipinski definition) is 8. The molecule has 0 heterocycles. The molecule has 0 aliphatic rings. The van der Waals surface area contributed by atoms with Gasteiger partial charge >= 0.3 is 80.3 Å². The van der Waals surface area contributed by atoms with Crippen molar-refractivity contribution in [1.82, 2.24) is 0 Å². The van der Waals surface area contributed by atoms with Gasteiger partial charge < -0.3 is 39.6 Å².